The second kappa shape index (κ2) is 6.02. The van der Waals surface area contributed by atoms with Crippen LogP contribution in [0.3, 0.4) is 0 Å². The Morgan fingerprint density at radius 1 is 1.30 bits per heavy atom. The van der Waals surface area contributed by atoms with Gasteiger partial charge >= 0.3 is 0 Å². The van der Waals surface area contributed by atoms with E-state index in [-0.39, 0.29) is 12.2 Å². The maximum absolute atomic E-state index is 7.57. The second-order valence-corrected chi connectivity index (χ2v) is 5.50. The number of ether oxygens (including phenoxy) is 3. The van der Waals surface area contributed by atoms with E-state index in [0.717, 1.165) is 30.9 Å². The van der Waals surface area contributed by atoms with Crippen molar-refractivity contribution in [2.45, 2.75) is 32.3 Å². The predicted molar refractivity (Wildman–Crippen MR) is 77.4 cm³/mol. The van der Waals surface area contributed by atoms with Crippen LogP contribution in [0.5, 0.6) is 11.5 Å². The third-order valence-corrected chi connectivity index (χ3v) is 4.00. The van der Waals surface area contributed by atoms with Gasteiger partial charge in [-0.2, -0.15) is 0 Å². The van der Waals surface area contributed by atoms with Gasteiger partial charge in [0.1, 0.15) is 0 Å². The van der Waals surface area contributed by atoms with Crippen molar-refractivity contribution >= 4 is 0 Å². The molecule has 2 atom stereocenters. The molecule has 1 unspecified atom stereocenters. The van der Waals surface area contributed by atoms with E-state index in [1.165, 1.54) is 11.1 Å². The molecule has 0 amide bonds. The van der Waals surface area contributed by atoms with E-state index in [2.05, 4.69) is 19.1 Å². The molecule has 1 aromatic carbocycles. The number of rotatable bonds is 2. The van der Waals surface area contributed by atoms with Crippen LogP contribution in [0.4, 0.5) is 0 Å². The number of fused-ring (bicyclic) bond motifs is 4. The minimum atomic E-state index is -0.127. The highest BCUT2D eigenvalue weighted by Gasteiger charge is 2.43. The maximum atomic E-state index is 7.57. The number of hydrogen-bond acceptors (Lipinski definition) is 4. The summed E-state index contributed by atoms with van der Waals surface area (Å²) in [5.74, 6) is 2.27. The molecule has 4 heteroatoms. The molecule has 1 N–H and O–H groups in total. The third-order valence-electron chi connectivity index (χ3n) is 4.00. The Labute approximate surface area is 120 Å². The van der Waals surface area contributed by atoms with E-state index in [0.29, 0.717) is 5.92 Å². The first-order valence-electron chi connectivity index (χ1n) is 7.08. The van der Waals surface area contributed by atoms with Gasteiger partial charge in [-0.15, -0.1) is 0 Å². The first-order valence-corrected chi connectivity index (χ1v) is 7.08. The standard InChI is InChI=1S/C14H18O3.C2H6O/c1-14-7-9(8-17-14)4-10-5-12(15-2)13(16-3)6-11(10)14;1-2-3/h5-6,9H,4,7-8H2,1-3H3;3H,2H2,1H3/t9-,14?;/m0./s1. The Bertz CT molecular complexity index is 472. The molecule has 2 aliphatic rings. The van der Waals surface area contributed by atoms with Crippen LogP contribution in [-0.4, -0.2) is 32.5 Å². The van der Waals surface area contributed by atoms with E-state index in [1.807, 2.05) is 0 Å². The minimum absolute atomic E-state index is 0.127. The van der Waals surface area contributed by atoms with E-state index in [9.17, 15) is 0 Å². The van der Waals surface area contributed by atoms with Crippen LogP contribution in [-0.2, 0) is 16.8 Å². The molecule has 1 saturated heterocycles. The van der Waals surface area contributed by atoms with Crippen LogP contribution in [0.1, 0.15) is 31.4 Å². The number of aliphatic hydroxyl groups is 1. The van der Waals surface area contributed by atoms with E-state index in [4.69, 9.17) is 19.3 Å². The Morgan fingerprint density at radius 2 is 1.90 bits per heavy atom. The van der Waals surface area contributed by atoms with Gasteiger partial charge in [0.05, 0.1) is 26.4 Å². The van der Waals surface area contributed by atoms with Gasteiger partial charge in [-0.05, 0) is 55.9 Å². The molecule has 4 nitrogen and oxygen atoms in total. The van der Waals surface area contributed by atoms with Crippen molar-refractivity contribution in [3.63, 3.8) is 0 Å². The molecular formula is C16H24O4. The van der Waals surface area contributed by atoms with Crippen molar-refractivity contribution in [2.75, 3.05) is 27.4 Å². The molecule has 1 fully saturated rings. The lowest BCUT2D eigenvalue weighted by molar-refractivity contribution is 0.0168. The average Bonchev–Trinajstić information content (AvgIpc) is 2.75. The van der Waals surface area contributed by atoms with Crippen molar-refractivity contribution in [2.24, 2.45) is 5.92 Å². The quantitative estimate of drug-likeness (QED) is 0.904. The molecule has 1 heterocycles. The molecule has 0 spiro atoms. The van der Waals surface area contributed by atoms with E-state index in [1.54, 1.807) is 21.1 Å². The zero-order valence-electron chi connectivity index (χ0n) is 12.7. The smallest absolute Gasteiger partial charge is 0.161 e. The molecule has 0 saturated carbocycles. The molecule has 112 valence electrons. The number of aliphatic hydroxyl groups excluding tert-OH is 1. The largest absolute Gasteiger partial charge is 0.493 e. The van der Waals surface area contributed by atoms with Crippen molar-refractivity contribution in [1.82, 2.24) is 0 Å². The Balaban J connectivity index is 0.000000452. The summed E-state index contributed by atoms with van der Waals surface area (Å²) in [6.07, 6.45) is 2.21. The predicted octanol–water partition coefficient (Wildman–Crippen LogP) is 2.51. The van der Waals surface area contributed by atoms with Crippen LogP contribution in [0, 0.1) is 5.92 Å². The minimum Gasteiger partial charge on any atom is -0.493 e. The Hall–Kier alpha value is -1.26. The third kappa shape index (κ3) is 2.63. The lowest BCUT2D eigenvalue weighted by Gasteiger charge is -2.31. The zero-order chi connectivity index (χ0) is 14.8. The summed E-state index contributed by atoms with van der Waals surface area (Å²) in [7, 11) is 3.35. The summed E-state index contributed by atoms with van der Waals surface area (Å²) in [5, 5.41) is 7.57. The molecule has 1 aliphatic heterocycles. The fraction of sp³-hybridized carbons (Fsp3) is 0.625. The number of methoxy groups -OCH3 is 2. The molecule has 20 heavy (non-hydrogen) atoms. The molecule has 2 bridgehead atoms. The van der Waals surface area contributed by atoms with Crippen LogP contribution in [0.2, 0.25) is 0 Å². The highest BCUT2D eigenvalue weighted by Crippen LogP contribution is 2.48. The van der Waals surface area contributed by atoms with E-state index < -0.39 is 0 Å². The number of benzene rings is 1. The summed E-state index contributed by atoms with van der Waals surface area (Å²) in [6.45, 7) is 4.98. The Morgan fingerprint density at radius 3 is 2.50 bits per heavy atom. The zero-order valence-corrected chi connectivity index (χ0v) is 12.7. The normalized spacial score (nSPS) is 26.4. The van der Waals surface area contributed by atoms with Crippen molar-refractivity contribution < 1.29 is 19.3 Å². The van der Waals surface area contributed by atoms with Gasteiger partial charge in [0.25, 0.3) is 0 Å². The summed E-state index contributed by atoms with van der Waals surface area (Å²) >= 11 is 0. The molecule has 0 aromatic heterocycles. The highest BCUT2D eigenvalue weighted by molar-refractivity contribution is 5.50. The summed E-state index contributed by atoms with van der Waals surface area (Å²) in [5.41, 5.74) is 2.49. The average molecular weight is 280 g/mol. The molecule has 3 rings (SSSR count). The second-order valence-electron chi connectivity index (χ2n) is 5.50. The Kier molecular flexibility index (Phi) is 4.55. The SMILES string of the molecule is CCO.COc1cc2c(cc1OC)C1(C)C[C@@H](CO1)C2. The van der Waals surface area contributed by atoms with Crippen molar-refractivity contribution in [3.8, 4) is 11.5 Å². The fourth-order valence-corrected chi connectivity index (χ4v) is 3.18. The van der Waals surface area contributed by atoms with Gasteiger partial charge in [-0.25, -0.2) is 0 Å². The lowest BCUT2D eigenvalue weighted by Crippen LogP contribution is -2.26. The first kappa shape index (κ1) is 15.1. The lowest BCUT2D eigenvalue weighted by atomic mass is 9.77. The summed E-state index contributed by atoms with van der Waals surface area (Å²) < 4.78 is 16.7. The molecule has 0 radical (unpaired) electrons. The van der Waals surface area contributed by atoms with E-state index >= 15 is 0 Å². The van der Waals surface area contributed by atoms with Crippen LogP contribution < -0.4 is 9.47 Å². The molecule has 1 aromatic rings. The first-order chi connectivity index (χ1) is 9.57. The van der Waals surface area contributed by atoms with Gasteiger partial charge in [-0.1, -0.05) is 0 Å². The van der Waals surface area contributed by atoms with Crippen molar-refractivity contribution in [1.29, 1.82) is 0 Å². The highest BCUT2D eigenvalue weighted by atomic mass is 16.5. The van der Waals surface area contributed by atoms with Gasteiger partial charge in [0.15, 0.2) is 11.5 Å². The topological polar surface area (TPSA) is 47.9 Å². The fourth-order valence-electron chi connectivity index (χ4n) is 3.18. The van der Waals surface area contributed by atoms with Gasteiger partial charge in [0, 0.05) is 6.61 Å². The molecule has 1 aliphatic carbocycles. The van der Waals surface area contributed by atoms with Crippen LogP contribution in [0.25, 0.3) is 0 Å². The van der Waals surface area contributed by atoms with Crippen molar-refractivity contribution in [3.05, 3.63) is 23.3 Å². The monoisotopic (exact) mass is 280 g/mol. The maximum Gasteiger partial charge on any atom is 0.161 e. The van der Waals surface area contributed by atoms with Gasteiger partial charge in [0.2, 0.25) is 0 Å². The van der Waals surface area contributed by atoms with Gasteiger partial charge < -0.3 is 19.3 Å². The molecular weight excluding hydrogens is 256 g/mol. The summed E-state index contributed by atoms with van der Waals surface area (Å²) in [4.78, 5) is 0. The van der Waals surface area contributed by atoms with Crippen LogP contribution in [0.15, 0.2) is 12.1 Å². The summed E-state index contributed by atoms with van der Waals surface area (Å²) in [6, 6.07) is 4.18. The number of hydrogen-bond donors (Lipinski definition) is 1. The van der Waals surface area contributed by atoms with Gasteiger partial charge in [-0.3, -0.25) is 0 Å². The van der Waals surface area contributed by atoms with Crippen LogP contribution >= 0.6 is 0 Å².